The van der Waals surface area contributed by atoms with Crippen LogP contribution in [0, 0.1) is 0 Å². The van der Waals surface area contributed by atoms with Gasteiger partial charge in [0.2, 0.25) is 5.91 Å². The van der Waals surface area contributed by atoms with Gasteiger partial charge in [-0.25, -0.2) is 0 Å². The molecule has 4 nitrogen and oxygen atoms in total. The molecule has 0 saturated heterocycles. The Bertz CT molecular complexity index is 458. The Hall–Kier alpha value is -1.40. The molecule has 0 aliphatic heterocycles. The van der Waals surface area contributed by atoms with Gasteiger partial charge in [0.1, 0.15) is 5.75 Å². The van der Waals surface area contributed by atoms with Crippen molar-refractivity contribution in [1.82, 2.24) is 5.32 Å². The summed E-state index contributed by atoms with van der Waals surface area (Å²) in [5.41, 5.74) is 0.435. The van der Waals surface area contributed by atoms with Crippen LogP contribution in [-0.2, 0) is 4.79 Å². The van der Waals surface area contributed by atoms with Gasteiger partial charge in [-0.05, 0) is 31.7 Å². The Morgan fingerprint density at radius 2 is 2.15 bits per heavy atom. The molecule has 1 rings (SSSR count). The van der Waals surface area contributed by atoms with Crippen LogP contribution in [0.3, 0.4) is 0 Å². The van der Waals surface area contributed by atoms with E-state index in [9.17, 15) is 13.6 Å². The second-order valence-corrected chi connectivity index (χ2v) is 4.64. The van der Waals surface area contributed by atoms with Crippen molar-refractivity contribution < 1.29 is 18.3 Å². The molecule has 7 heteroatoms. The third-order valence-electron chi connectivity index (χ3n) is 2.48. The fourth-order valence-electron chi connectivity index (χ4n) is 1.68. The SMILES string of the molecule is CCNC(C)CC(=O)Nc1ccc(OC(F)F)c(Cl)c1. The van der Waals surface area contributed by atoms with Crippen LogP contribution in [0.4, 0.5) is 14.5 Å². The van der Waals surface area contributed by atoms with E-state index in [0.717, 1.165) is 6.54 Å². The summed E-state index contributed by atoms with van der Waals surface area (Å²) in [6, 6.07) is 4.17. The molecule has 2 N–H and O–H groups in total. The first kappa shape index (κ1) is 16.7. The lowest BCUT2D eigenvalue weighted by molar-refractivity contribution is -0.116. The summed E-state index contributed by atoms with van der Waals surface area (Å²) in [6.07, 6.45) is 0.306. The average Bonchev–Trinajstić information content (AvgIpc) is 2.32. The summed E-state index contributed by atoms with van der Waals surface area (Å²) in [6.45, 7) is 1.69. The summed E-state index contributed by atoms with van der Waals surface area (Å²) in [7, 11) is 0. The molecule has 0 spiro atoms. The van der Waals surface area contributed by atoms with E-state index < -0.39 is 6.61 Å². The lowest BCUT2D eigenvalue weighted by Gasteiger charge is -2.13. The van der Waals surface area contributed by atoms with Crippen molar-refractivity contribution in [1.29, 1.82) is 0 Å². The first-order valence-corrected chi connectivity index (χ1v) is 6.57. The van der Waals surface area contributed by atoms with Gasteiger partial charge in [0.25, 0.3) is 0 Å². The molecule has 0 aliphatic rings. The van der Waals surface area contributed by atoms with Gasteiger partial charge in [0.15, 0.2) is 0 Å². The van der Waals surface area contributed by atoms with Crippen LogP contribution in [0.1, 0.15) is 20.3 Å². The van der Waals surface area contributed by atoms with E-state index in [4.69, 9.17) is 11.6 Å². The molecule has 0 bridgehead atoms. The first-order valence-electron chi connectivity index (χ1n) is 6.20. The van der Waals surface area contributed by atoms with Gasteiger partial charge in [-0.1, -0.05) is 18.5 Å². The van der Waals surface area contributed by atoms with E-state index in [1.165, 1.54) is 18.2 Å². The zero-order valence-corrected chi connectivity index (χ0v) is 12.0. The van der Waals surface area contributed by atoms with Crippen LogP contribution >= 0.6 is 11.6 Å². The fourth-order valence-corrected chi connectivity index (χ4v) is 1.91. The maximum Gasteiger partial charge on any atom is 0.387 e. The molecule has 0 fully saturated rings. The minimum Gasteiger partial charge on any atom is -0.433 e. The number of hydrogen-bond acceptors (Lipinski definition) is 3. The Morgan fingerprint density at radius 3 is 2.70 bits per heavy atom. The van der Waals surface area contributed by atoms with E-state index in [-0.39, 0.29) is 22.7 Å². The minimum atomic E-state index is -2.94. The molecule has 0 radical (unpaired) electrons. The molecule has 1 aromatic rings. The van der Waals surface area contributed by atoms with E-state index in [2.05, 4.69) is 15.4 Å². The quantitative estimate of drug-likeness (QED) is 0.813. The number of rotatable bonds is 7. The van der Waals surface area contributed by atoms with Crippen molar-refractivity contribution in [3.05, 3.63) is 23.2 Å². The van der Waals surface area contributed by atoms with E-state index in [1.54, 1.807) is 0 Å². The number of alkyl halides is 2. The van der Waals surface area contributed by atoms with Crippen molar-refractivity contribution in [2.24, 2.45) is 0 Å². The molecule has 1 unspecified atom stereocenters. The lowest BCUT2D eigenvalue weighted by atomic mass is 10.2. The first-order chi connectivity index (χ1) is 9.42. The number of benzene rings is 1. The Morgan fingerprint density at radius 1 is 1.45 bits per heavy atom. The maximum atomic E-state index is 12.1. The van der Waals surface area contributed by atoms with Crippen LogP contribution in [-0.4, -0.2) is 25.1 Å². The third-order valence-corrected chi connectivity index (χ3v) is 2.77. The number of amides is 1. The van der Waals surface area contributed by atoms with Gasteiger partial charge in [0, 0.05) is 18.2 Å². The smallest absolute Gasteiger partial charge is 0.387 e. The maximum absolute atomic E-state index is 12.1. The molecule has 0 aliphatic carbocycles. The lowest BCUT2D eigenvalue weighted by Crippen LogP contribution is -2.30. The molecule has 0 heterocycles. The van der Waals surface area contributed by atoms with Gasteiger partial charge in [0.05, 0.1) is 5.02 Å². The molecule has 1 aromatic carbocycles. The third kappa shape index (κ3) is 5.71. The number of hydrogen-bond donors (Lipinski definition) is 2. The zero-order chi connectivity index (χ0) is 15.1. The van der Waals surface area contributed by atoms with Crippen molar-refractivity contribution in [3.63, 3.8) is 0 Å². The standard InChI is InChI=1S/C13H17ClF2N2O2/c1-3-17-8(2)6-12(19)18-9-4-5-11(10(14)7-9)20-13(15)16/h4-5,7-8,13,17H,3,6H2,1-2H3,(H,18,19). The highest BCUT2D eigenvalue weighted by molar-refractivity contribution is 6.32. The molecule has 1 atom stereocenters. The summed E-state index contributed by atoms with van der Waals surface area (Å²) >= 11 is 5.79. The molecule has 1 amide bonds. The number of carbonyl (C=O) groups is 1. The highest BCUT2D eigenvalue weighted by Crippen LogP contribution is 2.28. The Kier molecular flexibility index (Phi) is 6.67. The van der Waals surface area contributed by atoms with E-state index >= 15 is 0 Å². The molecule has 112 valence electrons. The van der Waals surface area contributed by atoms with Crippen molar-refractivity contribution >= 4 is 23.2 Å². The van der Waals surface area contributed by atoms with Gasteiger partial charge >= 0.3 is 6.61 Å². The summed E-state index contributed by atoms with van der Waals surface area (Å²) in [5.74, 6) is -0.308. The molecular weight excluding hydrogens is 290 g/mol. The van der Waals surface area contributed by atoms with Crippen LogP contribution in [0.5, 0.6) is 5.75 Å². The van der Waals surface area contributed by atoms with Crippen LogP contribution in [0.15, 0.2) is 18.2 Å². The predicted octanol–water partition coefficient (Wildman–Crippen LogP) is 3.27. The molecule has 0 aromatic heterocycles. The average molecular weight is 307 g/mol. The monoisotopic (exact) mass is 306 g/mol. The second-order valence-electron chi connectivity index (χ2n) is 4.23. The minimum absolute atomic E-state index is 0.0165. The van der Waals surface area contributed by atoms with Crippen LogP contribution < -0.4 is 15.4 Å². The highest BCUT2D eigenvalue weighted by Gasteiger charge is 2.11. The van der Waals surface area contributed by atoms with Crippen molar-refractivity contribution in [2.75, 3.05) is 11.9 Å². The topological polar surface area (TPSA) is 50.4 Å². The Labute approximate surface area is 121 Å². The van der Waals surface area contributed by atoms with E-state index in [1.807, 2.05) is 13.8 Å². The molecule has 0 saturated carbocycles. The Balaban J connectivity index is 2.60. The van der Waals surface area contributed by atoms with Gasteiger partial charge in [-0.3, -0.25) is 4.79 Å². The van der Waals surface area contributed by atoms with E-state index in [0.29, 0.717) is 12.1 Å². The number of carbonyl (C=O) groups excluding carboxylic acids is 1. The molecular formula is C13H17ClF2N2O2. The van der Waals surface area contributed by atoms with Crippen LogP contribution in [0.2, 0.25) is 5.02 Å². The fraction of sp³-hybridized carbons (Fsp3) is 0.462. The summed E-state index contributed by atoms with van der Waals surface area (Å²) < 4.78 is 28.4. The van der Waals surface area contributed by atoms with Crippen molar-refractivity contribution in [3.8, 4) is 5.75 Å². The van der Waals surface area contributed by atoms with Gasteiger partial charge < -0.3 is 15.4 Å². The number of halogens is 3. The number of anilines is 1. The van der Waals surface area contributed by atoms with Crippen molar-refractivity contribution in [2.45, 2.75) is 32.9 Å². The summed E-state index contributed by atoms with van der Waals surface area (Å²) in [5, 5.41) is 5.78. The number of ether oxygens (including phenoxy) is 1. The second kappa shape index (κ2) is 8.01. The van der Waals surface area contributed by atoms with Crippen LogP contribution in [0.25, 0.3) is 0 Å². The normalized spacial score (nSPS) is 12.3. The van der Waals surface area contributed by atoms with Gasteiger partial charge in [-0.2, -0.15) is 8.78 Å². The predicted molar refractivity (Wildman–Crippen MR) is 74.5 cm³/mol. The zero-order valence-electron chi connectivity index (χ0n) is 11.3. The van der Waals surface area contributed by atoms with Gasteiger partial charge in [-0.15, -0.1) is 0 Å². The summed E-state index contributed by atoms with van der Waals surface area (Å²) in [4.78, 5) is 11.7. The largest absolute Gasteiger partial charge is 0.433 e. The highest BCUT2D eigenvalue weighted by atomic mass is 35.5. The number of nitrogens with one attached hydrogen (secondary N) is 2. The molecule has 20 heavy (non-hydrogen) atoms.